The normalized spacial score (nSPS) is 15.2. The summed E-state index contributed by atoms with van der Waals surface area (Å²) in [6, 6.07) is 8.44. The number of nitrogens with zero attached hydrogens (tertiary/aromatic N) is 5. The van der Waals surface area contributed by atoms with Gasteiger partial charge >= 0.3 is 0 Å². The van der Waals surface area contributed by atoms with E-state index in [4.69, 9.17) is 11.6 Å². The van der Waals surface area contributed by atoms with Crippen LogP contribution in [-0.4, -0.2) is 58.1 Å². The third-order valence-electron chi connectivity index (χ3n) is 4.30. The number of halogens is 1. The van der Waals surface area contributed by atoms with Gasteiger partial charge in [-0.3, -0.25) is 14.5 Å². The van der Waals surface area contributed by atoms with Gasteiger partial charge in [0.25, 0.3) is 5.56 Å². The Labute approximate surface area is 164 Å². The number of hydrogen-bond acceptors (Lipinski definition) is 7. The second kappa shape index (κ2) is 7.63. The summed E-state index contributed by atoms with van der Waals surface area (Å²) in [5.41, 5.74) is 0.551. The van der Waals surface area contributed by atoms with Crippen LogP contribution in [0.3, 0.4) is 0 Å². The number of anilines is 2. The SMILES string of the molecule is O=C(CN1CCN(c2nn3c(=O)ccnc3s2)CC1)Nc1ccc(Cl)cc1. The van der Waals surface area contributed by atoms with Gasteiger partial charge in [-0.1, -0.05) is 22.9 Å². The number of nitrogens with one attached hydrogen (secondary N) is 1. The highest BCUT2D eigenvalue weighted by molar-refractivity contribution is 7.20. The number of aromatic nitrogens is 3. The highest BCUT2D eigenvalue weighted by Gasteiger charge is 2.22. The van der Waals surface area contributed by atoms with Gasteiger partial charge in [0.15, 0.2) is 0 Å². The van der Waals surface area contributed by atoms with Gasteiger partial charge in [0, 0.05) is 49.2 Å². The maximum atomic E-state index is 12.2. The first kappa shape index (κ1) is 17.9. The Hall–Kier alpha value is -2.49. The minimum atomic E-state index is -0.181. The Bertz CT molecular complexity index is 1010. The van der Waals surface area contributed by atoms with Gasteiger partial charge < -0.3 is 10.2 Å². The summed E-state index contributed by atoms with van der Waals surface area (Å²) in [4.78, 5) is 33.0. The molecule has 0 bridgehead atoms. The summed E-state index contributed by atoms with van der Waals surface area (Å²) in [5.74, 6) is -0.0542. The molecule has 0 aliphatic carbocycles. The van der Waals surface area contributed by atoms with Gasteiger partial charge in [0.05, 0.1) is 6.54 Å². The first-order chi connectivity index (χ1) is 13.1. The number of piperazine rings is 1. The van der Waals surface area contributed by atoms with E-state index < -0.39 is 0 Å². The number of fused-ring (bicyclic) bond motifs is 1. The fraction of sp³-hybridized carbons (Fsp3) is 0.294. The van der Waals surface area contributed by atoms with E-state index in [2.05, 4.69) is 25.2 Å². The summed E-state index contributed by atoms with van der Waals surface area (Å²) in [5, 5.41) is 8.65. The van der Waals surface area contributed by atoms with E-state index in [0.717, 1.165) is 37.0 Å². The molecule has 1 amide bonds. The maximum absolute atomic E-state index is 12.2. The van der Waals surface area contributed by atoms with E-state index in [1.54, 1.807) is 24.3 Å². The van der Waals surface area contributed by atoms with Crippen LogP contribution in [0.5, 0.6) is 0 Å². The van der Waals surface area contributed by atoms with E-state index in [1.165, 1.54) is 28.1 Å². The molecular formula is C17H17ClN6O2S. The van der Waals surface area contributed by atoms with Crippen molar-refractivity contribution in [1.29, 1.82) is 0 Å². The standard InChI is InChI=1S/C17H17ClN6O2S/c18-12-1-3-13(4-2-12)20-14(25)11-22-7-9-23(10-8-22)17-21-24-15(26)5-6-19-16(24)27-17/h1-6H,7-11H2,(H,20,25). The Morgan fingerprint density at radius 1 is 1.15 bits per heavy atom. The zero-order chi connectivity index (χ0) is 18.8. The van der Waals surface area contributed by atoms with Crippen LogP contribution in [0.4, 0.5) is 10.8 Å². The molecule has 0 atom stereocenters. The minimum absolute atomic E-state index is 0.0542. The molecule has 1 aliphatic heterocycles. The Morgan fingerprint density at radius 2 is 1.89 bits per heavy atom. The second-order valence-corrected chi connectivity index (χ2v) is 7.55. The molecule has 8 nitrogen and oxygen atoms in total. The summed E-state index contributed by atoms with van der Waals surface area (Å²) >= 11 is 7.24. The quantitative estimate of drug-likeness (QED) is 0.710. The Balaban J connectivity index is 1.33. The lowest BCUT2D eigenvalue weighted by Gasteiger charge is -2.33. The lowest BCUT2D eigenvalue weighted by Crippen LogP contribution is -2.48. The molecule has 4 rings (SSSR count). The topological polar surface area (TPSA) is 82.8 Å². The molecule has 3 heterocycles. The third kappa shape index (κ3) is 4.10. The van der Waals surface area contributed by atoms with E-state index in [-0.39, 0.29) is 11.5 Å². The van der Waals surface area contributed by atoms with Crippen molar-refractivity contribution in [3.63, 3.8) is 0 Å². The van der Waals surface area contributed by atoms with Gasteiger partial charge in [0.1, 0.15) is 0 Å². The molecule has 1 aromatic carbocycles. The largest absolute Gasteiger partial charge is 0.344 e. The molecule has 27 heavy (non-hydrogen) atoms. The van der Waals surface area contributed by atoms with Gasteiger partial charge in [0.2, 0.25) is 16.0 Å². The zero-order valence-corrected chi connectivity index (χ0v) is 15.9. The smallest absolute Gasteiger partial charge is 0.275 e. The van der Waals surface area contributed by atoms with Gasteiger partial charge in [-0.25, -0.2) is 4.98 Å². The summed E-state index contributed by atoms with van der Waals surface area (Å²) < 4.78 is 1.33. The molecule has 0 radical (unpaired) electrons. The van der Waals surface area contributed by atoms with Crippen molar-refractivity contribution in [2.24, 2.45) is 0 Å². The third-order valence-corrected chi connectivity index (χ3v) is 5.53. The molecule has 0 saturated carbocycles. The predicted molar refractivity (Wildman–Crippen MR) is 106 cm³/mol. The molecule has 2 aromatic heterocycles. The van der Waals surface area contributed by atoms with E-state index in [0.29, 0.717) is 16.5 Å². The van der Waals surface area contributed by atoms with Crippen molar-refractivity contribution in [3.8, 4) is 0 Å². The zero-order valence-electron chi connectivity index (χ0n) is 14.3. The molecule has 140 valence electrons. The van der Waals surface area contributed by atoms with E-state index in [1.807, 2.05) is 0 Å². The average molecular weight is 405 g/mol. The number of rotatable bonds is 4. The van der Waals surface area contributed by atoms with Crippen LogP contribution in [0, 0.1) is 0 Å². The van der Waals surface area contributed by atoms with E-state index in [9.17, 15) is 9.59 Å². The maximum Gasteiger partial charge on any atom is 0.275 e. The molecule has 3 aromatic rings. The molecule has 1 saturated heterocycles. The number of amides is 1. The second-order valence-electron chi connectivity index (χ2n) is 6.18. The lowest BCUT2D eigenvalue weighted by atomic mass is 10.3. The highest BCUT2D eigenvalue weighted by atomic mass is 35.5. The van der Waals surface area contributed by atoms with E-state index >= 15 is 0 Å². The minimum Gasteiger partial charge on any atom is -0.344 e. The molecule has 0 spiro atoms. The van der Waals surface area contributed by atoms with Crippen LogP contribution >= 0.6 is 22.9 Å². The van der Waals surface area contributed by atoms with Crippen LogP contribution < -0.4 is 15.8 Å². The predicted octanol–water partition coefficient (Wildman–Crippen LogP) is 1.57. The van der Waals surface area contributed by atoms with Gasteiger partial charge in [-0.15, -0.1) is 5.10 Å². The molecular weight excluding hydrogens is 388 g/mol. The Morgan fingerprint density at radius 3 is 2.59 bits per heavy atom. The van der Waals surface area contributed by atoms with Crippen LogP contribution in [0.2, 0.25) is 5.02 Å². The molecule has 1 aliphatic rings. The summed E-state index contributed by atoms with van der Waals surface area (Å²) in [6.07, 6.45) is 1.50. The lowest BCUT2D eigenvalue weighted by molar-refractivity contribution is -0.117. The molecule has 1 N–H and O–H groups in total. The van der Waals surface area contributed by atoms with Crippen LogP contribution in [0.25, 0.3) is 4.96 Å². The molecule has 1 fully saturated rings. The van der Waals surface area contributed by atoms with Gasteiger partial charge in [-0.05, 0) is 24.3 Å². The highest BCUT2D eigenvalue weighted by Crippen LogP contribution is 2.22. The number of carbonyl (C=O) groups excluding carboxylic acids is 1. The number of carbonyl (C=O) groups is 1. The van der Waals surface area contributed by atoms with Crippen molar-refractivity contribution >= 4 is 44.6 Å². The van der Waals surface area contributed by atoms with Crippen molar-refractivity contribution < 1.29 is 4.79 Å². The monoisotopic (exact) mass is 404 g/mol. The first-order valence-electron chi connectivity index (χ1n) is 8.46. The van der Waals surface area contributed by atoms with Crippen molar-refractivity contribution in [2.75, 3.05) is 42.9 Å². The number of benzene rings is 1. The van der Waals surface area contributed by atoms with Crippen LogP contribution in [0.1, 0.15) is 0 Å². The summed E-state index contributed by atoms with van der Waals surface area (Å²) in [7, 11) is 0. The van der Waals surface area contributed by atoms with Crippen molar-refractivity contribution in [2.45, 2.75) is 0 Å². The van der Waals surface area contributed by atoms with Crippen LogP contribution in [-0.2, 0) is 4.79 Å². The fourth-order valence-corrected chi connectivity index (χ4v) is 3.95. The summed E-state index contributed by atoms with van der Waals surface area (Å²) in [6.45, 7) is 3.29. The van der Waals surface area contributed by atoms with Crippen molar-refractivity contribution in [3.05, 3.63) is 51.9 Å². The average Bonchev–Trinajstić information content (AvgIpc) is 3.10. The van der Waals surface area contributed by atoms with Crippen molar-refractivity contribution in [1.82, 2.24) is 19.5 Å². The number of hydrogen-bond donors (Lipinski definition) is 1. The Kier molecular flexibility index (Phi) is 5.06. The fourth-order valence-electron chi connectivity index (χ4n) is 2.90. The molecule has 10 heteroatoms. The van der Waals surface area contributed by atoms with Crippen LogP contribution in [0.15, 0.2) is 41.3 Å². The molecule has 0 unspecified atom stereocenters. The first-order valence-corrected chi connectivity index (χ1v) is 9.65. The van der Waals surface area contributed by atoms with Gasteiger partial charge in [-0.2, -0.15) is 4.52 Å².